The van der Waals surface area contributed by atoms with Gasteiger partial charge in [0, 0.05) is 6.20 Å². The van der Waals surface area contributed by atoms with Crippen LogP contribution in [0, 0.1) is 6.92 Å². The molecule has 4 heteroatoms. The minimum absolute atomic E-state index is 0.408. The van der Waals surface area contributed by atoms with Crippen molar-refractivity contribution in [3.05, 3.63) is 36.0 Å². The predicted octanol–water partition coefficient (Wildman–Crippen LogP) is 2.09. The van der Waals surface area contributed by atoms with Crippen LogP contribution in [0.3, 0.4) is 0 Å². The third-order valence-electron chi connectivity index (χ3n) is 2.20. The van der Waals surface area contributed by atoms with Gasteiger partial charge in [0.2, 0.25) is 0 Å². The van der Waals surface area contributed by atoms with Crippen LogP contribution in [0.4, 0.5) is 0 Å². The van der Waals surface area contributed by atoms with Gasteiger partial charge < -0.3 is 0 Å². The molecule has 15 heavy (non-hydrogen) atoms. The average molecular weight is 202 g/mol. The lowest BCUT2D eigenvalue weighted by molar-refractivity contribution is 0.784. The quantitative estimate of drug-likeness (QED) is 0.749. The zero-order chi connectivity index (χ0) is 10.8. The van der Waals surface area contributed by atoms with Crippen LogP contribution < -0.4 is 0 Å². The molecule has 0 unspecified atom stereocenters. The molecule has 0 aromatic carbocycles. The highest BCUT2D eigenvalue weighted by molar-refractivity contribution is 5.20. The van der Waals surface area contributed by atoms with E-state index < -0.39 is 0 Å². The van der Waals surface area contributed by atoms with E-state index in [-0.39, 0.29) is 0 Å². The molecule has 0 amide bonds. The zero-order valence-electron chi connectivity index (χ0n) is 9.18. The molecule has 0 aliphatic carbocycles. The molecule has 0 N–H and O–H groups in total. The van der Waals surface area contributed by atoms with Gasteiger partial charge in [-0.25, -0.2) is 9.67 Å². The first-order valence-corrected chi connectivity index (χ1v) is 5.00. The van der Waals surface area contributed by atoms with E-state index in [4.69, 9.17) is 0 Å². The molecule has 2 aromatic rings. The molecule has 4 nitrogen and oxygen atoms in total. The first-order valence-electron chi connectivity index (χ1n) is 5.00. The van der Waals surface area contributed by atoms with Crippen LogP contribution in [-0.4, -0.2) is 19.7 Å². The Balaban J connectivity index is 2.31. The van der Waals surface area contributed by atoms with E-state index in [0.29, 0.717) is 5.92 Å². The van der Waals surface area contributed by atoms with E-state index in [1.54, 1.807) is 23.3 Å². The van der Waals surface area contributed by atoms with Crippen molar-refractivity contribution in [3.63, 3.8) is 0 Å². The first-order chi connectivity index (χ1) is 7.16. The van der Waals surface area contributed by atoms with Crippen molar-refractivity contribution in [2.24, 2.45) is 0 Å². The molecule has 0 fully saturated rings. The topological polar surface area (TPSA) is 43.6 Å². The Bertz CT molecular complexity index is 442. The van der Waals surface area contributed by atoms with Crippen molar-refractivity contribution < 1.29 is 0 Å². The third-order valence-corrected chi connectivity index (χ3v) is 2.20. The van der Waals surface area contributed by atoms with E-state index in [0.717, 1.165) is 17.1 Å². The molecular formula is C11H14N4. The van der Waals surface area contributed by atoms with Gasteiger partial charge in [0.25, 0.3) is 0 Å². The Morgan fingerprint density at radius 1 is 1.13 bits per heavy atom. The highest BCUT2D eigenvalue weighted by atomic mass is 15.3. The summed E-state index contributed by atoms with van der Waals surface area (Å²) >= 11 is 0. The maximum absolute atomic E-state index is 4.34. The van der Waals surface area contributed by atoms with Crippen LogP contribution >= 0.6 is 0 Å². The second-order valence-corrected chi connectivity index (χ2v) is 3.92. The predicted molar refractivity (Wildman–Crippen MR) is 58.0 cm³/mol. The lowest BCUT2D eigenvalue weighted by Crippen LogP contribution is -2.01. The summed E-state index contributed by atoms with van der Waals surface area (Å²) in [4.78, 5) is 8.66. The number of aryl methyl sites for hydroxylation is 1. The van der Waals surface area contributed by atoms with Crippen LogP contribution in [0.15, 0.2) is 24.8 Å². The van der Waals surface area contributed by atoms with Crippen molar-refractivity contribution in [3.8, 4) is 5.82 Å². The van der Waals surface area contributed by atoms with E-state index in [2.05, 4.69) is 28.9 Å². The molecule has 0 bridgehead atoms. The fraction of sp³-hybridized carbons (Fsp3) is 0.364. The minimum atomic E-state index is 0.408. The second-order valence-electron chi connectivity index (χ2n) is 3.92. The lowest BCUT2D eigenvalue weighted by Gasteiger charge is -2.04. The van der Waals surface area contributed by atoms with Crippen LogP contribution in [0.2, 0.25) is 0 Å². The van der Waals surface area contributed by atoms with Gasteiger partial charge in [-0.1, -0.05) is 13.8 Å². The van der Waals surface area contributed by atoms with Gasteiger partial charge in [0.15, 0.2) is 5.82 Å². The molecule has 2 heterocycles. The molecular weight excluding hydrogens is 188 g/mol. The smallest absolute Gasteiger partial charge is 0.171 e. The number of hydrogen-bond donors (Lipinski definition) is 0. The van der Waals surface area contributed by atoms with E-state index in [1.807, 2.05) is 13.1 Å². The largest absolute Gasteiger partial charge is 0.255 e. The molecule has 0 aliphatic heterocycles. The molecule has 2 aromatic heterocycles. The number of nitrogens with zero attached hydrogens (tertiary/aromatic N) is 4. The Hall–Kier alpha value is -1.71. The molecule has 0 aliphatic rings. The Labute approximate surface area is 89.0 Å². The molecule has 0 radical (unpaired) electrons. The Morgan fingerprint density at radius 2 is 1.93 bits per heavy atom. The SMILES string of the molecule is Cc1cnn(-c2cnc(C(C)C)cn2)c1. The van der Waals surface area contributed by atoms with Gasteiger partial charge in [-0.05, 0) is 18.4 Å². The van der Waals surface area contributed by atoms with Crippen LogP contribution in [0.25, 0.3) is 5.82 Å². The Kier molecular flexibility index (Phi) is 2.49. The van der Waals surface area contributed by atoms with Crippen molar-refractivity contribution in [2.45, 2.75) is 26.7 Å². The second kappa shape index (κ2) is 3.81. The highest BCUT2D eigenvalue weighted by Crippen LogP contribution is 2.10. The minimum Gasteiger partial charge on any atom is -0.255 e. The van der Waals surface area contributed by atoms with Crippen LogP contribution in [0.1, 0.15) is 31.0 Å². The summed E-state index contributed by atoms with van der Waals surface area (Å²) in [7, 11) is 0. The summed E-state index contributed by atoms with van der Waals surface area (Å²) < 4.78 is 1.73. The van der Waals surface area contributed by atoms with Crippen LogP contribution in [0.5, 0.6) is 0 Å². The van der Waals surface area contributed by atoms with Gasteiger partial charge in [-0.15, -0.1) is 0 Å². The normalized spacial score (nSPS) is 10.9. The summed E-state index contributed by atoms with van der Waals surface area (Å²) in [6.07, 6.45) is 7.29. The standard InChI is InChI=1S/C11H14N4/c1-8(2)10-5-13-11(6-12-10)15-7-9(3)4-14-15/h4-8H,1-3H3. The van der Waals surface area contributed by atoms with Crippen molar-refractivity contribution >= 4 is 0 Å². The maximum atomic E-state index is 4.34. The monoisotopic (exact) mass is 202 g/mol. The third kappa shape index (κ3) is 2.03. The Morgan fingerprint density at radius 3 is 2.40 bits per heavy atom. The van der Waals surface area contributed by atoms with E-state index in [1.165, 1.54) is 0 Å². The molecule has 0 saturated carbocycles. The summed E-state index contributed by atoms with van der Waals surface area (Å²) in [5, 5.41) is 4.17. The van der Waals surface area contributed by atoms with E-state index in [9.17, 15) is 0 Å². The van der Waals surface area contributed by atoms with Crippen molar-refractivity contribution in [2.75, 3.05) is 0 Å². The summed E-state index contributed by atoms with van der Waals surface area (Å²) in [6, 6.07) is 0. The van der Waals surface area contributed by atoms with Gasteiger partial charge >= 0.3 is 0 Å². The molecule has 78 valence electrons. The van der Waals surface area contributed by atoms with Gasteiger partial charge in [-0.3, -0.25) is 4.98 Å². The molecule has 0 atom stereocenters. The number of aromatic nitrogens is 4. The van der Waals surface area contributed by atoms with E-state index >= 15 is 0 Å². The summed E-state index contributed by atoms with van der Waals surface area (Å²) in [6.45, 7) is 6.20. The average Bonchev–Trinajstić information content (AvgIpc) is 2.65. The summed E-state index contributed by atoms with van der Waals surface area (Å²) in [5.41, 5.74) is 2.12. The highest BCUT2D eigenvalue weighted by Gasteiger charge is 2.03. The van der Waals surface area contributed by atoms with Gasteiger partial charge in [0.1, 0.15) is 0 Å². The van der Waals surface area contributed by atoms with Crippen LogP contribution in [-0.2, 0) is 0 Å². The van der Waals surface area contributed by atoms with Gasteiger partial charge in [-0.2, -0.15) is 5.10 Å². The fourth-order valence-electron chi connectivity index (χ4n) is 1.29. The number of rotatable bonds is 2. The molecule has 0 spiro atoms. The fourth-order valence-corrected chi connectivity index (χ4v) is 1.29. The molecule has 0 saturated heterocycles. The lowest BCUT2D eigenvalue weighted by atomic mass is 10.1. The first kappa shape index (κ1) is 9.83. The van der Waals surface area contributed by atoms with Gasteiger partial charge in [0.05, 0.1) is 24.3 Å². The number of hydrogen-bond acceptors (Lipinski definition) is 3. The zero-order valence-corrected chi connectivity index (χ0v) is 9.18. The summed E-state index contributed by atoms with van der Waals surface area (Å²) in [5.74, 6) is 1.17. The maximum Gasteiger partial charge on any atom is 0.171 e. The van der Waals surface area contributed by atoms with Crippen molar-refractivity contribution in [1.29, 1.82) is 0 Å². The molecule has 2 rings (SSSR count). The van der Waals surface area contributed by atoms with Crippen molar-refractivity contribution in [1.82, 2.24) is 19.7 Å².